The van der Waals surface area contributed by atoms with Crippen LogP contribution in [0.4, 0.5) is 0 Å². The number of benzene rings is 1. The van der Waals surface area contributed by atoms with Gasteiger partial charge in [0.15, 0.2) is 5.92 Å². The van der Waals surface area contributed by atoms with Crippen LogP contribution in [0, 0.1) is 5.92 Å². The molecule has 0 saturated carbocycles. The fourth-order valence-corrected chi connectivity index (χ4v) is 1.65. The molecule has 0 heterocycles. The first kappa shape index (κ1) is 15.9. The summed E-state index contributed by atoms with van der Waals surface area (Å²) in [6.07, 6.45) is 0.246. The van der Waals surface area contributed by atoms with E-state index in [1.54, 1.807) is 0 Å². The zero-order chi connectivity index (χ0) is 15.0. The summed E-state index contributed by atoms with van der Waals surface area (Å²) in [5.41, 5.74) is 0.830. The largest absolute Gasteiger partial charge is 0.468 e. The van der Waals surface area contributed by atoms with Crippen molar-refractivity contribution in [1.82, 2.24) is 0 Å². The fourth-order valence-electron chi connectivity index (χ4n) is 1.65. The van der Waals surface area contributed by atoms with E-state index in [2.05, 4.69) is 4.74 Å². The van der Waals surface area contributed by atoms with Gasteiger partial charge in [-0.2, -0.15) is 0 Å². The summed E-state index contributed by atoms with van der Waals surface area (Å²) < 4.78 is 9.66. The molecule has 0 fully saturated rings. The van der Waals surface area contributed by atoms with Gasteiger partial charge in [0.05, 0.1) is 7.11 Å². The number of esters is 2. The van der Waals surface area contributed by atoms with Crippen LogP contribution in [0.25, 0.3) is 0 Å². The number of hydrogen-bond donors (Lipinski definition) is 0. The summed E-state index contributed by atoms with van der Waals surface area (Å²) in [5.74, 6) is -2.48. The Kier molecular flexibility index (Phi) is 6.43. The maximum atomic E-state index is 11.9. The Morgan fingerprint density at radius 1 is 1.10 bits per heavy atom. The molecular weight excluding hydrogens is 260 g/mol. The van der Waals surface area contributed by atoms with E-state index in [9.17, 15) is 14.4 Å². The molecule has 1 rings (SSSR count). The number of Topliss-reactive ketones (excluding diaryl/α,β-unsaturated/α-hetero) is 1. The van der Waals surface area contributed by atoms with Gasteiger partial charge in [-0.3, -0.25) is 9.59 Å². The highest BCUT2D eigenvalue weighted by Crippen LogP contribution is 2.13. The van der Waals surface area contributed by atoms with Crippen LogP contribution in [0.2, 0.25) is 0 Å². The van der Waals surface area contributed by atoms with E-state index in [1.807, 2.05) is 30.3 Å². The SMILES string of the molecule is COC(=O)C(CCC(C)=O)C(=O)OCc1ccccc1. The molecule has 108 valence electrons. The summed E-state index contributed by atoms with van der Waals surface area (Å²) in [6, 6.07) is 9.15. The molecule has 0 aliphatic carbocycles. The number of hydrogen-bond acceptors (Lipinski definition) is 5. The highest BCUT2D eigenvalue weighted by Gasteiger charge is 2.29. The van der Waals surface area contributed by atoms with Crippen molar-refractivity contribution in [2.75, 3.05) is 7.11 Å². The molecule has 0 N–H and O–H groups in total. The first-order valence-electron chi connectivity index (χ1n) is 6.32. The van der Waals surface area contributed by atoms with Crippen LogP contribution < -0.4 is 0 Å². The van der Waals surface area contributed by atoms with Crippen LogP contribution in [0.15, 0.2) is 30.3 Å². The molecule has 0 bridgehead atoms. The monoisotopic (exact) mass is 278 g/mol. The molecule has 0 spiro atoms. The normalized spacial score (nSPS) is 11.5. The molecule has 5 nitrogen and oxygen atoms in total. The van der Waals surface area contributed by atoms with E-state index in [1.165, 1.54) is 14.0 Å². The zero-order valence-corrected chi connectivity index (χ0v) is 11.6. The van der Waals surface area contributed by atoms with Gasteiger partial charge in [0.2, 0.25) is 0 Å². The number of carbonyl (C=O) groups is 3. The lowest BCUT2D eigenvalue weighted by atomic mass is 10.0. The molecule has 1 aromatic rings. The summed E-state index contributed by atoms with van der Waals surface area (Å²) in [4.78, 5) is 34.4. The fraction of sp³-hybridized carbons (Fsp3) is 0.400. The molecule has 5 heteroatoms. The highest BCUT2D eigenvalue weighted by atomic mass is 16.5. The number of methoxy groups -OCH3 is 1. The molecule has 20 heavy (non-hydrogen) atoms. The molecule has 0 amide bonds. The third-order valence-electron chi connectivity index (χ3n) is 2.78. The van der Waals surface area contributed by atoms with Gasteiger partial charge in [-0.1, -0.05) is 30.3 Å². The molecular formula is C15H18O5. The van der Waals surface area contributed by atoms with E-state index in [0.29, 0.717) is 0 Å². The molecule has 1 aromatic carbocycles. The number of ether oxygens (including phenoxy) is 2. The minimum absolute atomic E-state index is 0.0882. The standard InChI is InChI=1S/C15H18O5/c1-11(16)8-9-13(14(17)19-2)15(18)20-10-12-6-4-3-5-7-12/h3-7,13H,8-10H2,1-2H3. The molecule has 0 aliphatic heterocycles. The van der Waals surface area contributed by atoms with Crippen molar-refractivity contribution in [2.24, 2.45) is 5.92 Å². The maximum Gasteiger partial charge on any atom is 0.320 e. The van der Waals surface area contributed by atoms with E-state index >= 15 is 0 Å². The van der Waals surface area contributed by atoms with E-state index in [-0.39, 0.29) is 25.2 Å². The minimum atomic E-state index is -1.05. The Morgan fingerprint density at radius 3 is 2.30 bits per heavy atom. The predicted molar refractivity (Wildman–Crippen MR) is 71.7 cm³/mol. The molecule has 0 radical (unpaired) electrons. The maximum absolute atomic E-state index is 11.9. The average Bonchev–Trinajstić information content (AvgIpc) is 2.45. The summed E-state index contributed by atoms with van der Waals surface area (Å²) in [5, 5.41) is 0. The van der Waals surface area contributed by atoms with Crippen molar-refractivity contribution >= 4 is 17.7 Å². The van der Waals surface area contributed by atoms with Gasteiger partial charge in [-0.05, 0) is 18.9 Å². The topological polar surface area (TPSA) is 69.7 Å². The van der Waals surface area contributed by atoms with Crippen LogP contribution in [0.1, 0.15) is 25.3 Å². The third-order valence-corrected chi connectivity index (χ3v) is 2.78. The second-order valence-electron chi connectivity index (χ2n) is 4.41. The van der Waals surface area contributed by atoms with Crippen LogP contribution in [-0.4, -0.2) is 24.8 Å². The van der Waals surface area contributed by atoms with Crippen LogP contribution in [-0.2, 0) is 30.5 Å². The van der Waals surface area contributed by atoms with Gasteiger partial charge >= 0.3 is 11.9 Å². The van der Waals surface area contributed by atoms with Gasteiger partial charge in [0.1, 0.15) is 12.4 Å². The smallest absolute Gasteiger partial charge is 0.320 e. The van der Waals surface area contributed by atoms with Gasteiger partial charge < -0.3 is 14.3 Å². The first-order valence-corrected chi connectivity index (χ1v) is 6.32. The quantitative estimate of drug-likeness (QED) is 0.562. The Balaban J connectivity index is 2.58. The number of carbonyl (C=O) groups excluding carboxylic acids is 3. The Labute approximate surface area is 117 Å². The van der Waals surface area contributed by atoms with E-state index < -0.39 is 17.9 Å². The van der Waals surface area contributed by atoms with Crippen molar-refractivity contribution in [3.05, 3.63) is 35.9 Å². The van der Waals surface area contributed by atoms with Crippen molar-refractivity contribution < 1.29 is 23.9 Å². The van der Waals surface area contributed by atoms with Gasteiger partial charge in [0.25, 0.3) is 0 Å². The van der Waals surface area contributed by atoms with Gasteiger partial charge in [-0.25, -0.2) is 0 Å². The van der Waals surface area contributed by atoms with Crippen molar-refractivity contribution in [3.63, 3.8) is 0 Å². The summed E-state index contributed by atoms with van der Waals surface area (Å²) in [7, 11) is 1.20. The highest BCUT2D eigenvalue weighted by molar-refractivity contribution is 5.95. The van der Waals surface area contributed by atoms with Crippen molar-refractivity contribution in [2.45, 2.75) is 26.4 Å². The lowest BCUT2D eigenvalue weighted by Crippen LogP contribution is -2.27. The summed E-state index contributed by atoms with van der Waals surface area (Å²) >= 11 is 0. The Morgan fingerprint density at radius 2 is 1.75 bits per heavy atom. The third kappa shape index (κ3) is 5.22. The average molecular weight is 278 g/mol. The van der Waals surface area contributed by atoms with Crippen LogP contribution in [0.5, 0.6) is 0 Å². The Bertz CT molecular complexity index is 466. The lowest BCUT2D eigenvalue weighted by molar-refractivity contribution is -0.161. The minimum Gasteiger partial charge on any atom is -0.468 e. The van der Waals surface area contributed by atoms with Crippen molar-refractivity contribution in [3.8, 4) is 0 Å². The van der Waals surface area contributed by atoms with Gasteiger partial charge in [0, 0.05) is 6.42 Å². The zero-order valence-electron chi connectivity index (χ0n) is 11.6. The van der Waals surface area contributed by atoms with E-state index in [4.69, 9.17) is 4.74 Å². The first-order chi connectivity index (χ1) is 9.54. The second kappa shape index (κ2) is 8.09. The lowest BCUT2D eigenvalue weighted by Gasteiger charge is -2.13. The van der Waals surface area contributed by atoms with E-state index in [0.717, 1.165) is 5.56 Å². The predicted octanol–water partition coefficient (Wildman–Crippen LogP) is 1.89. The van der Waals surface area contributed by atoms with Crippen LogP contribution in [0.3, 0.4) is 0 Å². The van der Waals surface area contributed by atoms with Crippen molar-refractivity contribution in [1.29, 1.82) is 0 Å². The van der Waals surface area contributed by atoms with Gasteiger partial charge in [-0.15, -0.1) is 0 Å². The molecule has 0 aromatic heterocycles. The summed E-state index contributed by atoms with van der Waals surface area (Å²) in [6.45, 7) is 1.50. The number of rotatable bonds is 7. The van der Waals surface area contributed by atoms with Crippen LogP contribution >= 0.6 is 0 Å². The second-order valence-corrected chi connectivity index (χ2v) is 4.41. The molecule has 1 unspecified atom stereocenters. The molecule has 0 saturated heterocycles. The Hall–Kier alpha value is -2.17. The number of ketones is 1. The molecule has 1 atom stereocenters. The molecule has 0 aliphatic rings.